The summed E-state index contributed by atoms with van der Waals surface area (Å²) in [6.45, 7) is 0. The first-order chi connectivity index (χ1) is 7.27. The lowest BCUT2D eigenvalue weighted by Gasteiger charge is -2.13. The maximum atomic E-state index is 11.1. The van der Waals surface area contributed by atoms with E-state index in [2.05, 4.69) is 0 Å². The Morgan fingerprint density at radius 2 is 1.87 bits per heavy atom. The molecule has 0 aromatic carbocycles. The van der Waals surface area contributed by atoms with Crippen LogP contribution in [-0.4, -0.2) is 11.1 Å². The molecule has 0 unspecified atom stereocenters. The van der Waals surface area contributed by atoms with E-state index in [-0.39, 0.29) is 0 Å². The van der Waals surface area contributed by atoms with Crippen LogP contribution in [0.3, 0.4) is 0 Å². The highest BCUT2D eigenvalue weighted by Gasteiger charge is 2.33. The van der Waals surface area contributed by atoms with Gasteiger partial charge in [-0.2, -0.15) is 0 Å². The summed E-state index contributed by atoms with van der Waals surface area (Å²) in [5, 5.41) is 9.17. The van der Waals surface area contributed by atoms with Crippen LogP contribution >= 0.6 is 11.3 Å². The minimum Gasteiger partial charge on any atom is -0.477 e. The Balaban J connectivity index is 2.11. The number of hydrogen-bond donors (Lipinski definition) is 1. The third kappa shape index (κ3) is 1.49. The minimum atomic E-state index is -0.718. The number of rotatable bonds is 2. The zero-order valence-electron chi connectivity index (χ0n) is 8.58. The van der Waals surface area contributed by atoms with Crippen LogP contribution in [0.15, 0.2) is 0 Å². The van der Waals surface area contributed by atoms with E-state index in [1.54, 1.807) is 11.3 Å². The fourth-order valence-corrected chi connectivity index (χ4v) is 3.92. The van der Waals surface area contributed by atoms with Crippen molar-refractivity contribution in [1.82, 2.24) is 0 Å². The summed E-state index contributed by atoms with van der Waals surface area (Å²) in [7, 11) is 0. The van der Waals surface area contributed by atoms with Gasteiger partial charge in [0.05, 0.1) is 0 Å². The zero-order chi connectivity index (χ0) is 10.4. The SMILES string of the molecule is O=C(O)c1sc(C2CC2)c2c1CCCC2. The van der Waals surface area contributed by atoms with Crippen LogP contribution in [0.4, 0.5) is 0 Å². The highest BCUT2D eigenvalue weighted by atomic mass is 32.1. The van der Waals surface area contributed by atoms with Crippen molar-refractivity contribution in [3.8, 4) is 0 Å². The fourth-order valence-electron chi connectivity index (χ4n) is 2.51. The van der Waals surface area contributed by atoms with E-state index >= 15 is 0 Å². The first kappa shape index (κ1) is 9.40. The average Bonchev–Trinajstić information content (AvgIpc) is 2.99. The molecule has 0 atom stereocenters. The summed E-state index contributed by atoms with van der Waals surface area (Å²) < 4.78 is 0. The topological polar surface area (TPSA) is 37.3 Å². The molecule has 1 N–H and O–H groups in total. The van der Waals surface area contributed by atoms with E-state index in [1.807, 2.05) is 0 Å². The van der Waals surface area contributed by atoms with Gasteiger partial charge in [-0.15, -0.1) is 11.3 Å². The number of hydrogen-bond acceptors (Lipinski definition) is 2. The van der Waals surface area contributed by atoms with Gasteiger partial charge in [0.1, 0.15) is 4.88 Å². The number of aromatic carboxylic acids is 1. The molecule has 2 nitrogen and oxygen atoms in total. The van der Waals surface area contributed by atoms with Crippen molar-refractivity contribution in [3.63, 3.8) is 0 Å². The van der Waals surface area contributed by atoms with Crippen LogP contribution in [0, 0.1) is 0 Å². The van der Waals surface area contributed by atoms with E-state index < -0.39 is 5.97 Å². The predicted molar refractivity (Wildman–Crippen MR) is 59.9 cm³/mol. The van der Waals surface area contributed by atoms with Gasteiger partial charge in [-0.3, -0.25) is 0 Å². The molecular weight excluding hydrogens is 208 g/mol. The van der Waals surface area contributed by atoms with E-state index in [9.17, 15) is 4.79 Å². The molecule has 0 amide bonds. The van der Waals surface area contributed by atoms with Crippen LogP contribution in [0.25, 0.3) is 0 Å². The Labute approximate surface area is 92.9 Å². The zero-order valence-corrected chi connectivity index (χ0v) is 9.40. The molecule has 0 radical (unpaired) electrons. The Morgan fingerprint density at radius 1 is 1.20 bits per heavy atom. The van der Waals surface area contributed by atoms with E-state index in [0.29, 0.717) is 10.8 Å². The summed E-state index contributed by atoms with van der Waals surface area (Å²) >= 11 is 1.55. The molecule has 80 valence electrons. The summed E-state index contributed by atoms with van der Waals surface area (Å²) in [6, 6.07) is 0. The van der Waals surface area contributed by atoms with Gasteiger partial charge < -0.3 is 5.11 Å². The van der Waals surface area contributed by atoms with Gasteiger partial charge in [-0.25, -0.2) is 4.79 Å². The van der Waals surface area contributed by atoms with Gasteiger partial charge in [0.15, 0.2) is 0 Å². The highest BCUT2D eigenvalue weighted by molar-refractivity contribution is 7.14. The first-order valence-electron chi connectivity index (χ1n) is 5.65. The molecule has 1 heterocycles. The van der Waals surface area contributed by atoms with Gasteiger partial charge in [0, 0.05) is 4.88 Å². The van der Waals surface area contributed by atoms with Gasteiger partial charge in [-0.05, 0) is 55.6 Å². The molecule has 3 heteroatoms. The van der Waals surface area contributed by atoms with E-state index in [1.165, 1.54) is 35.3 Å². The second kappa shape index (κ2) is 3.34. The Morgan fingerprint density at radius 3 is 2.47 bits per heavy atom. The van der Waals surface area contributed by atoms with Crippen LogP contribution in [0.2, 0.25) is 0 Å². The van der Waals surface area contributed by atoms with Crippen molar-refractivity contribution in [2.45, 2.75) is 44.4 Å². The Hall–Kier alpha value is -0.830. The Kier molecular flexibility index (Phi) is 2.09. The van der Waals surface area contributed by atoms with E-state index in [0.717, 1.165) is 19.3 Å². The lowest BCUT2D eigenvalue weighted by atomic mass is 9.91. The van der Waals surface area contributed by atoms with Gasteiger partial charge >= 0.3 is 5.97 Å². The van der Waals surface area contributed by atoms with Crippen molar-refractivity contribution in [3.05, 3.63) is 20.9 Å². The summed E-state index contributed by atoms with van der Waals surface area (Å²) in [5.41, 5.74) is 2.58. The van der Waals surface area contributed by atoms with Gasteiger partial charge in [-0.1, -0.05) is 0 Å². The quantitative estimate of drug-likeness (QED) is 0.834. The minimum absolute atomic E-state index is 0.631. The second-order valence-corrected chi connectivity index (χ2v) is 5.59. The lowest BCUT2D eigenvalue weighted by molar-refractivity contribution is 0.0701. The van der Waals surface area contributed by atoms with Crippen molar-refractivity contribution >= 4 is 17.3 Å². The molecule has 0 aliphatic heterocycles. The molecule has 2 aliphatic rings. The fraction of sp³-hybridized carbons (Fsp3) is 0.583. The van der Waals surface area contributed by atoms with Crippen molar-refractivity contribution in [1.29, 1.82) is 0 Å². The number of carboxylic acids is 1. The molecule has 2 aliphatic carbocycles. The summed E-state index contributed by atoms with van der Waals surface area (Å²) in [4.78, 5) is 13.2. The first-order valence-corrected chi connectivity index (χ1v) is 6.46. The number of carbonyl (C=O) groups is 1. The molecule has 0 spiro atoms. The monoisotopic (exact) mass is 222 g/mol. The Bertz CT molecular complexity index is 416. The second-order valence-electron chi connectivity index (χ2n) is 4.54. The normalized spacial score (nSPS) is 20.0. The smallest absolute Gasteiger partial charge is 0.346 e. The lowest BCUT2D eigenvalue weighted by Crippen LogP contribution is -2.05. The van der Waals surface area contributed by atoms with Gasteiger partial charge in [0.2, 0.25) is 0 Å². The molecular formula is C12H14O2S. The third-order valence-corrected chi connectivity index (χ3v) is 4.82. The summed E-state index contributed by atoms with van der Waals surface area (Å²) in [6.07, 6.45) is 7.04. The van der Waals surface area contributed by atoms with Crippen LogP contribution in [0.5, 0.6) is 0 Å². The molecule has 15 heavy (non-hydrogen) atoms. The molecule has 0 saturated heterocycles. The molecule has 1 aromatic heterocycles. The maximum absolute atomic E-state index is 11.1. The molecule has 1 fully saturated rings. The average molecular weight is 222 g/mol. The highest BCUT2D eigenvalue weighted by Crippen LogP contribution is 2.48. The number of fused-ring (bicyclic) bond motifs is 1. The van der Waals surface area contributed by atoms with Crippen LogP contribution in [-0.2, 0) is 12.8 Å². The molecule has 3 rings (SSSR count). The van der Waals surface area contributed by atoms with Crippen molar-refractivity contribution < 1.29 is 9.90 Å². The summed E-state index contributed by atoms with van der Waals surface area (Å²) in [5.74, 6) is -0.0139. The number of thiophene rings is 1. The van der Waals surface area contributed by atoms with Crippen molar-refractivity contribution in [2.75, 3.05) is 0 Å². The number of carboxylic acid groups (broad SMARTS) is 1. The molecule has 1 aromatic rings. The maximum Gasteiger partial charge on any atom is 0.346 e. The van der Waals surface area contributed by atoms with Crippen molar-refractivity contribution in [2.24, 2.45) is 0 Å². The van der Waals surface area contributed by atoms with Crippen LogP contribution in [0.1, 0.15) is 57.3 Å². The van der Waals surface area contributed by atoms with Crippen LogP contribution < -0.4 is 0 Å². The largest absolute Gasteiger partial charge is 0.477 e. The molecule has 0 bridgehead atoms. The predicted octanol–water partition coefficient (Wildman–Crippen LogP) is 3.20. The van der Waals surface area contributed by atoms with E-state index in [4.69, 9.17) is 5.11 Å². The molecule has 1 saturated carbocycles. The standard InChI is InChI=1S/C12H14O2S/c13-12(14)11-9-4-2-1-3-8(9)10(15-11)7-5-6-7/h7H,1-6H2,(H,13,14). The third-order valence-electron chi connectivity index (χ3n) is 3.39. The van der Waals surface area contributed by atoms with Gasteiger partial charge in [0.25, 0.3) is 0 Å².